The summed E-state index contributed by atoms with van der Waals surface area (Å²) in [6.45, 7) is 3.83. The molecule has 0 bridgehead atoms. The zero-order valence-electron chi connectivity index (χ0n) is 17.8. The molecule has 0 fully saturated rings. The third-order valence-corrected chi connectivity index (χ3v) is 5.24. The Balaban J connectivity index is 1.75. The van der Waals surface area contributed by atoms with Crippen LogP contribution < -0.4 is 15.6 Å². The molecule has 4 rings (SSSR count). The molecule has 31 heavy (non-hydrogen) atoms. The molecule has 7 heteroatoms. The van der Waals surface area contributed by atoms with E-state index >= 15 is 0 Å². The third kappa shape index (κ3) is 3.90. The van der Waals surface area contributed by atoms with Crippen molar-refractivity contribution in [2.45, 2.75) is 13.8 Å². The largest absolute Gasteiger partial charge is 0.481 e. The fourth-order valence-corrected chi connectivity index (χ4v) is 3.51. The summed E-state index contributed by atoms with van der Waals surface area (Å²) in [4.78, 5) is 34.1. The summed E-state index contributed by atoms with van der Waals surface area (Å²) >= 11 is 0. The zero-order valence-corrected chi connectivity index (χ0v) is 17.8. The second-order valence-electron chi connectivity index (χ2n) is 7.38. The van der Waals surface area contributed by atoms with Gasteiger partial charge in [-0.2, -0.15) is 0 Å². The molecule has 1 amide bonds. The highest BCUT2D eigenvalue weighted by atomic mass is 16.5. The maximum atomic E-state index is 13.1. The van der Waals surface area contributed by atoms with Gasteiger partial charge in [-0.25, -0.2) is 4.98 Å². The maximum absolute atomic E-state index is 13.1. The number of aromatic nitrogens is 3. The van der Waals surface area contributed by atoms with E-state index in [2.05, 4.69) is 15.3 Å². The maximum Gasteiger partial charge on any atom is 0.258 e. The van der Waals surface area contributed by atoms with E-state index in [0.717, 1.165) is 27.7 Å². The van der Waals surface area contributed by atoms with Crippen LogP contribution in [0.5, 0.6) is 5.88 Å². The highest BCUT2D eigenvalue weighted by Gasteiger charge is 2.14. The van der Waals surface area contributed by atoms with E-state index in [9.17, 15) is 9.59 Å². The third-order valence-electron chi connectivity index (χ3n) is 5.24. The number of rotatable bonds is 4. The summed E-state index contributed by atoms with van der Waals surface area (Å²) in [7, 11) is 3.25. The average molecular weight is 414 g/mol. The highest BCUT2D eigenvalue weighted by Crippen LogP contribution is 2.27. The minimum Gasteiger partial charge on any atom is -0.481 e. The lowest BCUT2D eigenvalue weighted by Crippen LogP contribution is -2.19. The van der Waals surface area contributed by atoms with Crippen molar-refractivity contribution < 1.29 is 9.53 Å². The molecule has 0 aliphatic rings. The Morgan fingerprint density at radius 2 is 1.84 bits per heavy atom. The number of fused-ring (bicyclic) bond motifs is 1. The van der Waals surface area contributed by atoms with E-state index < -0.39 is 0 Å². The van der Waals surface area contributed by atoms with Crippen LogP contribution in [0, 0.1) is 13.8 Å². The molecule has 1 aromatic carbocycles. The van der Waals surface area contributed by atoms with E-state index in [-0.39, 0.29) is 11.5 Å². The lowest BCUT2D eigenvalue weighted by atomic mass is 9.99. The van der Waals surface area contributed by atoms with Gasteiger partial charge in [0.25, 0.3) is 11.5 Å². The van der Waals surface area contributed by atoms with Gasteiger partial charge in [0.05, 0.1) is 12.6 Å². The minimum absolute atomic E-state index is 0.108. The number of hydrogen-bond acceptors (Lipinski definition) is 5. The molecule has 0 spiro atoms. The Labute approximate surface area is 179 Å². The van der Waals surface area contributed by atoms with Crippen LogP contribution in [0.25, 0.3) is 22.0 Å². The Kier molecular flexibility index (Phi) is 5.25. The second kappa shape index (κ2) is 8.02. The molecule has 3 aromatic heterocycles. The Morgan fingerprint density at radius 3 is 2.61 bits per heavy atom. The van der Waals surface area contributed by atoms with Gasteiger partial charge < -0.3 is 14.6 Å². The van der Waals surface area contributed by atoms with Gasteiger partial charge in [0.15, 0.2) is 0 Å². The van der Waals surface area contributed by atoms with Gasteiger partial charge in [-0.05, 0) is 55.3 Å². The molecule has 0 aliphatic heterocycles. The van der Waals surface area contributed by atoms with Crippen LogP contribution in [0.4, 0.5) is 5.69 Å². The number of nitrogens with one attached hydrogen (secondary N) is 1. The first-order valence-electron chi connectivity index (χ1n) is 9.76. The van der Waals surface area contributed by atoms with Crippen molar-refractivity contribution in [2.24, 2.45) is 7.05 Å². The van der Waals surface area contributed by atoms with Crippen LogP contribution >= 0.6 is 0 Å². The van der Waals surface area contributed by atoms with E-state index in [4.69, 9.17) is 4.74 Å². The van der Waals surface area contributed by atoms with Crippen LogP contribution in [-0.4, -0.2) is 27.6 Å². The molecule has 0 radical (unpaired) electrons. The smallest absolute Gasteiger partial charge is 0.258 e. The van der Waals surface area contributed by atoms with Gasteiger partial charge in [-0.3, -0.25) is 14.6 Å². The number of anilines is 1. The number of benzene rings is 1. The normalized spacial score (nSPS) is 10.8. The SMILES string of the molecule is COc1cc(C(=O)Nc2ccc(C)c(-c3cc4cnc(C)cc4n(C)c3=O)c2)ccn1. The predicted octanol–water partition coefficient (Wildman–Crippen LogP) is 3.87. The number of methoxy groups -OCH3 is 1. The molecule has 0 saturated carbocycles. The van der Waals surface area contributed by atoms with Gasteiger partial charge in [0.2, 0.25) is 5.88 Å². The van der Waals surface area contributed by atoms with E-state index in [1.165, 1.54) is 13.3 Å². The van der Waals surface area contributed by atoms with Gasteiger partial charge >= 0.3 is 0 Å². The number of aryl methyl sites for hydroxylation is 3. The number of carbonyl (C=O) groups excluding carboxylic acids is 1. The van der Waals surface area contributed by atoms with Gasteiger partial charge in [-0.15, -0.1) is 0 Å². The molecular formula is C24H22N4O3. The van der Waals surface area contributed by atoms with Gasteiger partial charge in [0, 0.05) is 53.4 Å². The topological polar surface area (TPSA) is 86.1 Å². The summed E-state index contributed by atoms with van der Waals surface area (Å²) in [6.07, 6.45) is 3.29. The number of carbonyl (C=O) groups is 1. The lowest BCUT2D eigenvalue weighted by Gasteiger charge is -2.13. The first-order chi connectivity index (χ1) is 14.9. The van der Waals surface area contributed by atoms with Crippen molar-refractivity contribution in [2.75, 3.05) is 12.4 Å². The molecule has 3 heterocycles. The van der Waals surface area contributed by atoms with Crippen LogP contribution in [0.2, 0.25) is 0 Å². The predicted molar refractivity (Wildman–Crippen MR) is 121 cm³/mol. The van der Waals surface area contributed by atoms with Crippen LogP contribution in [0.1, 0.15) is 21.6 Å². The fraction of sp³-hybridized carbons (Fsp3) is 0.167. The molecular weight excluding hydrogens is 392 g/mol. The van der Waals surface area contributed by atoms with Gasteiger partial charge in [0.1, 0.15) is 0 Å². The average Bonchev–Trinajstić information content (AvgIpc) is 2.78. The number of hydrogen-bond donors (Lipinski definition) is 1. The van der Waals surface area contributed by atoms with Crippen molar-refractivity contribution in [3.63, 3.8) is 0 Å². The Hall–Kier alpha value is -4.00. The zero-order chi connectivity index (χ0) is 22.1. The second-order valence-corrected chi connectivity index (χ2v) is 7.38. The molecule has 0 unspecified atom stereocenters. The van der Waals surface area contributed by atoms with E-state index in [1.54, 1.807) is 29.9 Å². The quantitative estimate of drug-likeness (QED) is 0.548. The number of ether oxygens (including phenoxy) is 1. The van der Waals surface area contributed by atoms with Crippen molar-refractivity contribution in [3.05, 3.63) is 82.0 Å². The summed E-state index contributed by atoms with van der Waals surface area (Å²) in [5.74, 6) is 0.0716. The van der Waals surface area contributed by atoms with Crippen molar-refractivity contribution in [1.29, 1.82) is 0 Å². The summed E-state index contributed by atoms with van der Waals surface area (Å²) in [5.41, 5.74) is 4.83. The fourth-order valence-electron chi connectivity index (χ4n) is 3.51. The van der Waals surface area contributed by atoms with Crippen LogP contribution in [-0.2, 0) is 7.05 Å². The summed E-state index contributed by atoms with van der Waals surface area (Å²) in [5, 5.41) is 3.76. The number of nitrogens with zero attached hydrogens (tertiary/aromatic N) is 3. The van der Waals surface area contributed by atoms with Crippen molar-refractivity contribution in [3.8, 4) is 17.0 Å². The molecule has 4 aromatic rings. The number of pyridine rings is 3. The summed E-state index contributed by atoms with van der Waals surface area (Å²) in [6, 6.07) is 12.4. The van der Waals surface area contributed by atoms with Crippen LogP contribution in [0.15, 0.2) is 59.7 Å². The molecule has 1 N–H and O–H groups in total. The lowest BCUT2D eigenvalue weighted by molar-refractivity contribution is 0.102. The molecule has 7 nitrogen and oxygen atoms in total. The Bertz CT molecular complexity index is 1380. The minimum atomic E-state index is -0.290. The molecule has 0 saturated heterocycles. The number of amides is 1. The first kappa shape index (κ1) is 20.3. The van der Waals surface area contributed by atoms with E-state index in [0.29, 0.717) is 22.7 Å². The van der Waals surface area contributed by atoms with E-state index in [1.807, 2.05) is 44.2 Å². The monoisotopic (exact) mass is 414 g/mol. The molecule has 0 atom stereocenters. The standard InChI is InChI=1S/C24H22N4O3/c1-14-5-6-18(27-23(29)16-7-8-25-22(11-16)31-4)12-19(14)20-10-17-13-26-15(2)9-21(17)28(3)24(20)30/h5-13H,1-4H3,(H,27,29). The van der Waals surface area contributed by atoms with Gasteiger partial charge in [-0.1, -0.05) is 6.07 Å². The van der Waals surface area contributed by atoms with Crippen LogP contribution in [0.3, 0.4) is 0 Å². The van der Waals surface area contributed by atoms with Crippen molar-refractivity contribution in [1.82, 2.24) is 14.5 Å². The summed E-state index contributed by atoms with van der Waals surface area (Å²) < 4.78 is 6.71. The van der Waals surface area contributed by atoms with Crippen molar-refractivity contribution >= 4 is 22.5 Å². The molecule has 0 aliphatic carbocycles. The first-order valence-corrected chi connectivity index (χ1v) is 9.76. The Morgan fingerprint density at radius 1 is 1.03 bits per heavy atom. The highest BCUT2D eigenvalue weighted by molar-refractivity contribution is 6.04. The molecule has 156 valence electrons.